The van der Waals surface area contributed by atoms with Gasteiger partial charge in [-0.25, -0.2) is 8.51 Å². The van der Waals surface area contributed by atoms with Crippen molar-refractivity contribution in [1.82, 2.24) is 4.31 Å². The van der Waals surface area contributed by atoms with Gasteiger partial charge in [-0.15, -0.1) is 0 Å². The number of hydrogen-bond donors (Lipinski definition) is 0. The summed E-state index contributed by atoms with van der Waals surface area (Å²) in [6, 6.07) is 15.1. The Hall–Kier alpha value is -2.21. The maximum Gasteiger partial charge on any atom is 0.491 e. The van der Waals surface area contributed by atoms with Gasteiger partial charge in [0.05, 0.1) is 15.9 Å². The minimum Gasteiger partial charge on any atom is -0.401 e. The van der Waals surface area contributed by atoms with Crippen molar-refractivity contribution < 1.29 is 36.2 Å². The van der Waals surface area contributed by atoms with Gasteiger partial charge in [-0.2, -0.15) is 13.2 Å². The summed E-state index contributed by atoms with van der Waals surface area (Å²) >= 11 is 0. The smallest absolute Gasteiger partial charge is 0.401 e. The number of benzene rings is 2. The Bertz CT molecular complexity index is 1190. The Kier molecular flexibility index (Phi) is 8.29. The summed E-state index contributed by atoms with van der Waals surface area (Å²) in [5.41, 5.74) is -7.10. The molecular weight excluding hydrogens is 530 g/mol. The maximum absolute atomic E-state index is 15.1. The number of rotatable bonds is 7. The summed E-state index contributed by atoms with van der Waals surface area (Å²) in [6.07, 6.45) is -5.21. The standard InChI is InChI=1S/C28H37BF3NO5S/c1-23(2,3)39(35)33(22(34)27(36-9,28(30,31)32)21-18-14-11-15-19-21)26(8,20-16-12-10-13-17-20)29-37-24(4,5)25(6,7)38-29/h10-19H,1-9H3/t26-,27+,39+/m0/s1. The minimum absolute atomic E-state index is 0.384. The first-order valence-corrected chi connectivity index (χ1v) is 13.7. The van der Waals surface area contributed by atoms with Gasteiger partial charge in [0.15, 0.2) is 0 Å². The first kappa shape index (κ1) is 31.3. The summed E-state index contributed by atoms with van der Waals surface area (Å²) in [4.78, 5) is 14.6. The van der Waals surface area contributed by atoms with E-state index in [4.69, 9.17) is 14.0 Å². The number of halogens is 3. The van der Waals surface area contributed by atoms with Gasteiger partial charge in [-0.3, -0.25) is 4.79 Å². The molecule has 11 heteroatoms. The normalized spacial score (nSPS) is 21.1. The molecule has 0 unspecified atom stereocenters. The zero-order chi connectivity index (χ0) is 29.7. The van der Waals surface area contributed by atoms with Crippen LogP contribution < -0.4 is 0 Å². The highest BCUT2D eigenvalue weighted by atomic mass is 32.2. The first-order chi connectivity index (χ1) is 17.8. The van der Waals surface area contributed by atoms with E-state index in [1.807, 2.05) is 0 Å². The number of hydrogen-bond acceptors (Lipinski definition) is 5. The van der Waals surface area contributed by atoms with Crippen molar-refractivity contribution in [2.45, 2.75) is 88.6 Å². The zero-order valence-corrected chi connectivity index (χ0v) is 24.7. The lowest BCUT2D eigenvalue weighted by atomic mass is 9.61. The van der Waals surface area contributed by atoms with Crippen LogP contribution in [0.1, 0.15) is 66.5 Å². The molecule has 0 N–H and O–H groups in total. The molecule has 0 radical (unpaired) electrons. The van der Waals surface area contributed by atoms with E-state index in [1.54, 1.807) is 78.8 Å². The van der Waals surface area contributed by atoms with E-state index < -0.39 is 62.7 Å². The molecule has 2 aromatic carbocycles. The van der Waals surface area contributed by atoms with Crippen molar-refractivity contribution in [3.05, 3.63) is 71.8 Å². The van der Waals surface area contributed by atoms with Crippen LogP contribution in [0, 0.1) is 0 Å². The van der Waals surface area contributed by atoms with Crippen LogP contribution in [0.3, 0.4) is 0 Å². The van der Waals surface area contributed by atoms with Crippen molar-refractivity contribution in [3.8, 4) is 0 Å². The fourth-order valence-electron chi connectivity index (χ4n) is 4.47. The van der Waals surface area contributed by atoms with Gasteiger partial charge in [-0.05, 0) is 61.0 Å². The van der Waals surface area contributed by atoms with Crippen molar-refractivity contribution in [3.63, 3.8) is 0 Å². The van der Waals surface area contributed by atoms with Crippen LogP contribution in [-0.2, 0) is 40.9 Å². The van der Waals surface area contributed by atoms with Gasteiger partial charge >= 0.3 is 13.3 Å². The molecule has 1 fully saturated rings. The fourth-order valence-corrected chi connectivity index (χ4v) is 5.84. The molecule has 1 amide bonds. The third kappa shape index (κ3) is 5.18. The monoisotopic (exact) mass is 567 g/mol. The molecule has 0 bridgehead atoms. The molecule has 1 aliphatic heterocycles. The van der Waals surface area contributed by atoms with Gasteiger partial charge in [0.1, 0.15) is 16.4 Å². The van der Waals surface area contributed by atoms with Crippen molar-refractivity contribution >= 4 is 24.0 Å². The lowest BCUT2D eigenvalue weighted by molar-refractivity contribution is -0.269. The molecule has 0 saturated carbocycles. The predicted molar refractivity (Wildman–Crippen MR) is 146 cm³/mol. The Morgan fingerprint density at radius 3 is 1.62 bits per heavy atom. The summed E-state index contributed by atoms with van der Waals surface area (Å²) in [7, 11) is -2.79. The Labute approximate surface area is 231 Å². The van der Waals surface area contributed by atoms with Gasteiger partial charge in [0.2, 0.25) is 0 Å². The molecule has 0 aromatic heterocycles. The lowest BCUT2D eigenvalue weighted by Gasteiger charge is -2.47. The molecule has 3 rings (SSSR count). The number of ether oxygens (including phenoxy) is 1. The van der Waals surface area contributed by atoms with Crippen LogP contribution in [0.5, 0.6) is 0 Å². The average molecular weight is 567 g/mol. The van der Waals surface area contributed by atoms with E-state index in [0.29, 0.717) is 5.56 Å². The fraction of sp³-hybridized carbons (Fsp3) is 0.536. The van der Waals surface area contributed by atoms with E-state index in [1.165, 1.54) is 37.3 Å². The summed E-state index contributed by atoms with van der Waals surface area (Å²) in [5.74, 6) is -1.54. The SMILES string of the molecule is CO[C@@](C(=O)N([S@](=O)C(C)(C)C)[C@](C)(B1OC(C)(C)C(C)(C)O1)c1ccccc1)(c1ccccc1)C(F)(F)F. The summed E-state index contributed by atoms with van der Waals surface area (Å²) in [6.45, 7) is 13.5. The summed E-state index contributed by atoms with van der Waals surface area (Å²) < 4.78 is 77.1. The Balaban J connectivity index is 2.42. The first-order valence-electron chi connectivity index (χ1n) is 12.6. The van der Waals surface area contributed by atoms with Crippen molar-refractivity contribution in [2.75, 3.05) is 7.11 Å². The second kappa shape index (κ2) is 10.3. The van der Waals surface area contributed by atoms with Gasteiger partial charge in [0.25, 0.3) is 11.5 Å². The molecule has 1 aliphatic rings. The Morgan fingerprint density at radius 2 is 1.26 bits per heavy atom. The lowest BCUT2D eigenvalue weighted by Crippen LogP contribution is -2.67. The predicted octanol–water partition coefficient (Wildman–Crippen LogP) is 5.93. The second-order valence-electron chi connectivity index (χ2n) is 11.8. The average Bonchev–Trinajstić information content (AvgIpc) is 3.06. The maximum atomic E-state index is 15.1. The topological polar surface area (TPSA) is 65.1 Å². The highest BCUT2D eigenvalue weighted by molar-refractivity contribution is 7.84. The van der Waals surface area contributed by atoms with Crippen LogP contribution in [0.15, 0.2) is 60.7 Å². The van der Waals surface area contributed by atoms with Gasteiger partial charge in [-0.1, -0.05) is 60.7 Å². The molecule has 0 spiro atoms. The number of amides is 1. The molecular formula is C28H37BF3NO5S. The number of carbonyl (C=O) groups excluding carboxylic acids is 1. The third-order valence-electron chi connectivity index (χ3n) is 7.55. The molecule has 214 valence electrons. The van der Waals surface area contributed by atoms with E-state index in [9.17, 15) is 9.00 Å². The number of nitrogens with zero attached hydrogens (tertiary/aromatic N) is 1. The zero-order valence-electron chi connectivity index (χ0n) is 23.9. The van der Waals surface area contributed by atoms with Crippen LogP contribution >= 0.6 is 0 Å². The second-order valence-corrected chi connectivity index (χ2v) is 13.9. The Morgan fingerprint density at radius 1 is 0.846 bits per heavy atom. The van der Waals surface area contributed by atoms with Crippen LogP contribution in [0.4, 0.5) is 13.2 Å². The number of carbonyl (C=O) groups is 1. The molecule has 39 heavy (non-hydrogen) atoms. The quantitative estimate of drug-likeness (QED) is 0.389. The van der Waals surface area contributed by atoms with E-state index >= 15 is 13.2 Å². The van der Waals surface area contributed by atoms with Gasteiger partial charge in [0, 0.05) is 12.7 Å². The molecule has 3 atom stereocenters. The van der Waals surface area contributed by atoms with E-state index in [2.05, 4.69) is 0 Å². The number of methoxy groups -OCH3 is 1. The molecule has 0 aliphatic carbocycles. The van der Waals surface area contributed by atoms with Crippen LogP contribution in [0.25, 0.3) is 0 Å². The van der Waals surface area contributed by atoms with E-state index in [-0.39, 0.29) is 0 Å². The molecule has 1 saturated heterocycles. The minimum atomic E-state index is -5.21. The molecule has 6 nitrogen and oxygen atoms in total. The highest BCUT2D eigenvalue weighted by Crippen LogP contribution is 2.50. The van der Waals surface area contributed by atoms with E-state index in [0.717, 1.165) is 11.4 Å². The highest BCUT2D eigenvalue weighted by Gasteiger charge is 2.70. The third-order valence-corrected chi connectivity index (χ3v) is 9.48. The molecule has 1 heterocycles. The summed E-state index contributed by atoms with van der Waals surface area (Å²) in [5, 5.41) is 0. The van der Waals surface area contributed by atoms with Crippen molar-refractivity contribution in [1.29, 1.82) is 0 Å². The van der Waals surface area contributed by atoms with Crippen LogP contribution in [0.2, 0.25) is 0 Å². The number of alkyl halides is 3. The van der Waals surface area contributed by atoms with Crippen molar-refractivity contribution in [2.24, 2.45) is 0 Å². The van der Waals surface area contributed by atoms with Crippen LogP contribution in [-0.4, -0.2) is 50.8 Å². The van der Waals surface area contributed by atoms with Gasteiger partial charge < -0.3 is 14.0 Å². The molecule has 2 aromatic rings. The largest absolute Gasteiger partial charge is 0.491 e.